The van der Waals surface area contributed by atoms with Crippen molar-refractivity contribution in [3.63, 3.8) is 0 Å². The molecule has 6 nitrogen and oxygen atoms in total. The van der Waals surface area contributed by atoms with E-state index in [-0.39, 0.29) is 15.4 Å². The van der Waals surface area contributed by atoms with E-state index >= 15 is 0 Å². The highest BCUT2D eigenvalue weighted by Gasteiger charge is 2.45. The van der Waals surface area contributed by atoms with Crippen molar-refractivity contribution in [2.45, 2.75) is 21.5 Å². The third-order valence-corrected chi connectivity index (χ3v) is 8.60. The predicted octanol–water partition coefficient (Wildman–Crippen LogP) is 2.32. The summed E-state index contributed by atoms with van der Waals surface area (Å²) in [6.45, 7) is 1.20. The summed E-state index contributed by atoms with van der Waals surface area (Å²) < 4.78 is 57.2. The minimum absolute atomic E-state index is 0.0529. The number of ether oxygens (including phenoxy) is 1. The first-order valence-electron chi connectivity index (χ1n) is 8.65. The average Bonchev–Trinajstić information content (AvgIpc) is 2.92. The van der Waals surface area contributed by atoms with Crippen molar-refractivity contribution in [1.82, 2.24) is 4.90 Å². The van der Waals surface area contributed by atoms with Crippen molar-refractivity contribution < 1.29 is 21.6 Å². The molecule has 0 fully saturated rings. The van der Waals surface area contributed by atoms with E-state index in [0.717, 1.165) is 13.0 Å². The van der Waals surface area contributed by atoms with Crippen LogP contribution in [0.3, 0.4) is 0 Å². The Balaban J connectivity index is 2.00. The number of benzene rings is 2. The van der Waals surface area contributed by atoms with Gasteiger partial charge in [0.25, 0.3) is 0 Å². The SMILES string of the molecule is CN(C)CCCOc1cccc2c1C(S(=O)(=O)c1ccccc1)CS2(=O)=O. The second-order valence-corrected chi connectivity index (χ2v) is 10.9. The summed E-state index contributed by atoms with van der Waals surface area (Å²) >= 11 is 0. The third-order valence-electron chi connectivity index (χ3n) is 4.51. The quantitative estimate of drug-likeness (QED) is 0.653. The summed E-state index contributed by atoms with van der Waals surface area (Å²) in [5, 5.41) is -1.16. The van der Waals surface area contributed by atoms with Gasteiger partial charge in [-0.3, -0.25) is 0 Å². The lowest BCUT2D eigenvalue weighted by atomic mass is 10.1. The van der Waals surface area contributed by atoms with Crippen LogP contribution in [0.15, 0.2) is 58.3 Å². The molecule has 8 heteroatoms. The van der Waals surface area contributed by atoms with E-state index in [1.807, 2.05) is 19.0 Å². The molecule has 1 heterocycles. The van der Waals surface area contributed by atoms with E-state index in [0.29, 0.717) is 12.4 Å². The standard InChI is InChI=1S/C19H23NO5S2/c1-20(2)12-7-13-25-16-10-6-11-17-19(16)18(14-26(17,21)22)27(23,24)15-8-4-3-5-9-15/h3-6,8-11,18H,7,12-14H2,1-2H3. The van der Waals surface area contributed by atoms with Crippen LogP contribution in [0.2, 0.25) is 0 Å². The van der Waals surface area contributed by atoms with Gasteiger partial charge in [0.15, 0.2) is 19.7 Å². The Labute approximate surface area is 160 Å². The van der Waals surface area contributed by atoms with Gasteiger partial charge in [0, 0.05) is 12.1 Å². The maximum absolute atomic E-state index is 13.1. The second-order valence-electron chi connectivity index (χ2n) is 6.80. The van der Waals surface area contributed by atoms with Crippen LogP contribution < -0.4 is 4.74 Å². The van der Waals surface area contributed by atoms with Crippen molar-refractivity contribution >= 4 is 19.7 Å². The second kappa shape index (κ2) is 7.61. The van der Waals surface area contributed by atoms with E-state index < -0.39 is 30.7 Å². The number of sulfone groups is 2. The third kappa shape index (κ3) is 4.02. The molecule has 0 aliphatic carbocycles. The highest BCUT2D eigenvalue weighted by Crippen LogP contribution is 2.45. The molecule has 0 bridgehead atoms. The Morgan fingerprint density at radius 1 is 1.07 bits per heavy atom. The van der Waals surface area contributed by atoms with Gasteiger partial charge >= 0.3 is 0 Å². The summed E-state index contributed by atoms with van der Waals surface area (Å²) in [6.07, 6.45) is 0.750. The maximum Gasteiger partial charge on any atom is 0.186 e. The Kier molecular flexibility index (Phi) is 5.60. The molecule has 3 rings (SSSR count). The zero-order chi connectivity index (χ0) is 19.7. The zero-order valence-electron chi connectivity index (χ0n) is 15.3. The molecule has 2 aromatic carbocycles. The van der Waals surface area contributed by atoms with Gasteiger partial charge < -0.3 is 9.64 Å². The lowest BCUT2D eigenvalue weighted by Crippen LogP contribution is -2.17. The van der Waals surface area contributed by atoms with Crippen LogP contribution in [-0.4, -0.2) is 54.7 Å². The molecule has 1 unspecified atom stereocenters. The summed E-state index contributed by atoms with van der Waals surface area (Å²) in [6, 6.07) is 12.6. The van der Waals surface area contributed by atoms with Gasteiger partial charge in [0.05, 0.1) is 22.2 Å². The first-order valence-corrected chi connectivity index (χ1v) is 11.9. The van der Waals surface area contributed by atoms with E-state index in [9.17, 15) is 16.8 Å². The lowest BCUT2D eigenvalue weighted by Gasteiger charge is -2.17. The van der Waals surface area contributed by atoms with Gasteiger partial charge in [0.1, 0.15) is 11.0 Å². The van der Waals surface area contributed by atoms with Crippen LogP contribution in [0.5, 0.6) is 5.75 Å². The molecule has 0 saturated carbocycles. The van der Waals surface area contributed by atoms with Crippen LogP contribution in [-0.2, 0) is 19.7 Å². The Morgan fingerprint density at radius 2 is 1.78 bits per heavy atom. The van der Waals surface area contributed by atoms with Crippen LogP contribution in [0.25, 0.3) is 0 Å². The van der Waals surface area contributed by atoms with Gasteiger partial charge in [-0.2, -0.15) is 0 Å². The van der Waals surface area contributed by atoms with E-state index in [1.54, 1.807) is 30.3 Å². The lowest BCUT2D eigenvalue weighted by molar-refractivity contribution is 0.279. The van der Waals surface area contributed by atoms with Crippen LogP contribution >= 0.6 is 0 Å². The van der Waals surface area contributed by atoms with Gasteiger partial charge in [-0.15, -0.1) is 0 Å². The fraction of sp³-hybridized carbons (Fsp3) is 0.368. The predicted molar refractivity (Wildman–Crippen MR) is 104 cm³/mol. The normalized spacial score (nSPS) is 18.4. The van der Waals surface area contributed by atoms with Crippen molar-refractivity contribution in [1.29, 1.82) is 0 Å². The molecule has 1 aliphatic heterocycles. The summed E-state index contributed by atoms with van der Waals surface area (Å²) in [5.41, 5.74) is 0.256. The Hall–Kier alpha value is -1.90. The number of nitrogens with zero attached hydrogens (tertiary/aromatic N) is 1. The monoisotopic (exact) mass is 409 g/mol. The topological polar surface area (TPSA) is 80.8 Å². The molecule has 27 heavy (non-hydrogen) atoms. The van der Waals surface area contributed by atoms with E-state index in [2.05, 4.69) is 0 Å². The Morgan fingerprint density at radius 3 is 2.44 bits per heavy atom. The molecular weight excluding hydrogens is 386 g/mol. The molecule has 0 radical (unpaired) electrons. The molecule has 0 amide bonds. The van der Waals surface area contributed by atoms with Crippen molar-refractivity contribution in [2.75, 3.05) is 33.0 Å². The molecule has 2 aromatic rings. The van der Waals surface area contributed by atoms with Crippen molar-refractivity contribution in [3.8, 4) is 5.75 Å². The van der Waals surface area contributed by atoms with Crippen LogP contribution in [0.1, 0.15) is 17.2 Å². The number of rotatable bonds is 7. The zero-order valence-corrected chi connectivity index (χ0v) is 17.0. The Bertz CT molecular complexity index is 1020. The molecule has 146 valence electrons. The summed E-state index contributed by atoms with van der Waals surface area (Å²) in [7, 11) is -3.63. The molecule has 0 spiro atoms. The van der Waals surface area contributed by atoms with E-state index in [1.165, 1.54) is 18.2 Å². The van der Waals surface area contributed by atoms with Crippen molar-refractivity contribution in [3.05, 3.63) is 54.1 Å². The molecule has 0 aromatic heterocycles. The number of hydrogen-bond donors (Lipinski definition) is 0. The first-order chi connectivity index (χ1) is 12.7. The highest BCUT2D eigenvalue weighted by atomic mass is 32.2. The van der Waals surface area contributed by atoms with Gasteiger partial charge in [-0.1, -0.05) is 24.3 Å². The average molecular weight is 410 g/mol. The van der Waals surface area contributed by atoms with Gasteiger partial charge in [-0.25, -0.2) is 16.8 Å². The fourth-order valence-electron chi connectivity index (χ4n) is 3.19. The smallest absolute Gasteiger partial charge is 0.186 e. The molecule has 1 aliphatic rings. The first kappa shape index (κ1) is 19.9. The van der Waals surface area contributed by atoms with Gasteiger partial charge in [0.2, 0.25) is 0 Å². The fourth-order valence-corrected chi connectivity index (χ4v) is 7.55. The molecule has 1 atom stereocenters. The maximum atomic E-state index is 13.1. The minimum atomic E-state index is -3.86. The molecular formula is C19H23NO5S2. The van der Waals surface area contributed by atoms with Crippen LogP contribution in [0.4, 0.5) is 0 Å². The summed E-state index contributed by atoms with van der Waals surface area (Å²) in [5.74, 6) is -0.130. The summed E-state index contributed by atoms with van der Waals surface area (Å²) in [4.78, 5) is 2.18. The molecule has 0 saturated heterocycles. The number of fused-ring (bicyclic) bond motifs is 1. The number of hydrogen-bond acceptors (Lipinski definition) is 6. The molecule has 0 N–H and O–H groups in total. The largest absolute Gasteiger partial charge is 0.493 e. The highest BCUT2D eigenvalue weighted by molar-refractivity contribution is 7.96. The minimum Gasteiger partial charge on any atom is -0.493 e. The van der Waals surface area contributed by atoms with Crippen LogP contribution in [0, 0.1) is 0 Å². The van der Waals surface area contributed by atoms with Gasteiger partial charge in [-0.05, 0) is 44.8 Å². The van der Waals surface area contributed by atoms with E-state index in [4.69, 9.17) is 4.74 Å². The van der Waals surface area contributed by atoms with Crippen molar-refractivity contribution in [2.24, 2.45) is 0 Å².